The molecule has 1 aliphatic heterocycles. The van der Waals surface area contributed by atoms with E-state index in [1.165, 1.54) is 18.4 Å². The summed E-state index contributed by atoms with van der Waals surface area (Å²) in [7, 11) is 0. The quantitative estimate of drug-likeness (QED) is 0.880. The van der Waals surface area contributed by atoms with Crippen LogP contribution < -0.4 is 0 Å². The number of carbonyl (C=O) groups excluding carboxylic acids is 1. The number of carbonyl (C=O) groups is 2. The van der Waals surface area contributed by atoms with Crippen LogP contribution in [0, 0.1) is 17.3 Å². The molecule has 3 fully saturated rings. The maximum absolute atomic E-state index is 13.7. The molecule has 1 amide bonds. The first-order valence-corrected chi connectivity index (χ1v) is 9.73. The highest BCUT2D eigenvalue weighted by Gasteiger charge is 2.56. The topological polar surface area (TPSA) is 66.8 Å². The van der Waals surface area contributed by atoms with Crippen LogP contribution in [0.15, 0.2) is 30.3 Å². The molecular weight excluding hydrogens is 330 g/mol. The largest absolute Gasteiger partial charge is 0.481 e. The Bertz CT molecular complexity index is 676. The standard InChI is InChI=1S/C21H27NO4/c23-19(24)11-18-14-22(8-9-26-18)20(25)21(12-15-4-2-1-3-5-15)13-16-6-7-17(21)10-16/h1-5,16-18H,6-14H2,(H,23,24). The molecule has 1 saturated heterocycles. The van der Waals surface area contributed by atoms with Gasteiger partial charge in [-0.25, -0.2) is 0 Å². The van der Waals surface area contributed by atoms with Gasteiger partial charge in [-0.15, -0.1) is 0 Å². The number of hydrogen-bond donors (Lipinski definition) is 1. The third-order valence-electron chi connectivity index (χ3n) is 6.59. The summed E-state index contributed by atoms with van der Waals surface area (Å²) in [6.07, 6.45) is 4.91. The van der Waals surface area contributed by atoms with E-state index in [-0.39, 0.29) is 17.7 Å². The summed E-state index contributed by atoms with van der Waals surface area (Å²) in [6.45, 7) is 1.40. The van der Waals surface area contributed by atoms with E-state index >= 15 is 0 Å². The van der Waals surface area contributed by atoms with E-state index in [9.17, 15) is 9.59 Å². The number of fused-ring (bicyclic) bond motifs is 2. The van der Waals surface area contributed by atoms with Crippen LogP contribution in [0.1, 0.15) is 37.7 Å². The van der Waals surface area contributed by atoms with Crippen molar-refractivity contribution >= 4 is 11.9 Å². The molecule has 1 N–H and O–H groups in total. The molecule has 2 saturated carbocycles. The first kappa shape index (κ1) is 17.5. The fraction of sp³-hybridized carbons (Fsp3) is 0.619. The molecule has 3 aliphatic rings. The van der Waals surface area contributed by atoms with Gasteiger partial charge >= 0.3 is 5.97 Å². The van der Waals surface area contributed by atoms with Crippen molar-refractivity contribution in [3.8, 4) is 0 Å². The van der Waals surface area contributed by atoms with Crippen LogP contribution in [0.2, 0.25) is 0 Å². The summed E-state index contributed by atoms with van der Waals surface area (Å²) in [5.41, 5.74) is 0.916. The van der Waals surface area contributed by atoms with Crippen molar-refractivity contribution < 1.29 is 19.4 Å². The van der Waals surface area contributed by atoms with Crippen LogP contribution in [0.3, 0.4) is 0 Å². The van der Waals surface area contributed by atoms with E-state index in [0.717, 1.165) is 19.3 Å². The fourth-order valence-electron chi connectivity index (χ4n) is 5.50. The molecule has 4 atom stereocenters. The van der Waals surface area contributed by atoms with E-state index in [4.69, 9.17) is 9.84 Å². The molecule has 4 unspecified atom stereocenters. The summed E-state index contributed by atoms with van der Waals surface area (Å²) in [5, 5.41) is 9.05. The van der Waals surface area contributed by atoms with Gasteiger partial charge in [0.2, 0.25) is 5.91 Å². The molecule has 0 aromatic heterocycles. The average molecular weight is 357 g/mol. The van der Waals surface area contributed by atoms with E-state index in [1.807, 2.05) is 23.1 Å². The summed E-state index contributed by atoms with van der Waals surface area (Å²) >= 11 is 0. The minimum Gasteiger partial charge on any atom is -0.481 e. The number of aliphatic carboxylic acids is 1. The zero-order chi connectivity index (χ0) is 18.1. The molecule has 0 radical (unpaired) electrons. The van der Waals surface area contributed by atoms with Gasteiger partial charge in [0.05, 0.1) is 24.5 Å². The zero-order valence-electron chi connectivity index (χ0n) is 15.1. The minimum absolute atomic E-state index is 0.0402. The predicted octanol–water partition coefficient (Wildman–Crippen LogP) is 2.74. The Kier molecular flexibility index (Phi) is 4.74. The summed E-state index contributed by atoms with van der Waals surface area (Å²) in [6, 6.07) is 10.3. The molecule has 2 aliphatic carbocycles. The maximum atomic E-state index is 13.7. The van der Waals surface area contributed by atoms with Crippen molar-refractivity contribution in [3.63, 3.8) is 0 Å². The lowest BCUT2D eigenvalue weighted by atomic mass is 9.68. The second-order valence-corrected chi connectivity index (χ2v) is 8.24. The Morgan fingerprint density at radius 2 is 2.04 bits per heavy atom. The Labute approximate surface area is 154 Å². The number of nitrogens with zero attached hydrogens (tertiary/aromatic N) is 1. The number of carboxylic acid groups (broad SMARTS) is 1. The zero-order valence-corrected chi connectivity index (χ0v) is 15.1. The second kappa shape index (κ2) is 7.03. The molecule has 1 aromatic carbocycles. The third kappa shape index (κ3) is 3.25. The van der Waals surface area contributed by atoms with Gasteiger partial charge in [-0.2, -0.15) is 0 Å². The van der Waals surface area contributed by atoms with E-state index < -0.39 is 12.1 Å². The van der Waals surface area contributed by atoms with Gasteiger partial charge in [-0.3, -0.25) is 9.59 Å². The lowest BCUT2D eigenvalue weighted by Gasteiger charge is -2.43. The van der Waals surface area contributed by atoms with Crippen LogP contribution in [0.5, 0.6) is 0 Å². The number of benzene rings is 1. The third-order valence-corrected chi connectivity index (χ3v) is 6.59. The Morgan fingerprint density at radius 1 is 1.23 bits per heavy atom. The van der Waals surface area contributed by atoms with Crippen molar-refractivity contribution in [1.82, 2.24) is 4.90 Å². The predicted molar refractivity (Wildman–Crippen MR) is 96.6 cm³/mol. The minimum atomic E-state index is -0.872. The number of rotatable bonds is 5. The Morgan fingerprint density at radius 3 is 2.69 bits per heavy atom. The highest BCUT2D eigenvalue weighted by Crippen LogP contribution is 2.58. The number of amides is 1. The van der Waals surface area contributed by atoms with Crippen LogP contribution in [-0.2, 0) is 20.7 Å². The molecular formula is C21H27NO4. The highest BCUT2D eigenvalue weighted by atomic mass is 16.5. The molecule has 1 aromatic rings. The van der Waals surface area contributed by atoms with Crippen LogP contribution in [0.4, 0.5) is 0 Å². The van der Waals surface area contributed by atoms with Gasteiger partial charge in [0.15, 0.2) is 0 Å². The van der Waals surface area contributed by atoms with Gasteiger partial charge in [0.1, 0.15) is 0 Å². The van der Waals surface area contributed by atoms with E-state index in [2.05, 4.69) is 12.1 Å². The molecule has 140 valence electrons. The van der Waals surface area contributed by atoms with E-state index in [0.29, 0.717) is 31.5 Å². The summed E-state index contributed by atoms with van der Waals surface area (Å²) < 4.78 is 5.57. The first-order valence-electron chi connectivity index (χ1n) is 9.73. The van der Waals surface area contributed by atoms with Gasteiger partial charge in [0, 0.05) is 13.1 Å². The average Bonchev–Trinajstić information content (AvgIpc) is 3.23. The van der Waals surface area contributed by atoms with Crippen molar-refractivity contribution in [2.45, 2.75) is 44.6 Å². The molecule has 4 rings (SSSR count). The number of hydrogen-bond acceptors (Lipinski definition) is 3. The fourth-order valence-corrected chi connectivity index (χ4v) is 5.50. The molecule has 1 heterocycles. The summed E-state index contributed by atoms with van der Waals surface area (Å²) in [4.78, 5) is 26.6. The van der Waals surface area contributed by atoms with Crippen LogP contribution in [0.25, 0.3) is 0 Å². The van der Waals surface area contributed by atoms with E-state index in [1.54, 1.807) is 0 Å². The van der Waals surface area contributed by atoms with Crippen LogP contribution >= 0.6 is 0 Å². The summed E-state index contributed by atoms with van der Waals surface area (Å²) in [5.74, 6) is 0.486. The Balaban J connectivity index is 1.56. The Hall–Kier alpha value is -1.88. The molecule has 5 heteroatoms. The maximum Gasteiger partial charge on any atom is 0.306 e. The number of ether oxygens (including phenoxy) is 1. The van der Waals surface area contributed by atoms with Crippen molar-refractivity contribution in [3.05, 3.63) is 35.9 Å². The van der Waals surface area contributed by atoms with Gasteiger partial charge in [-0.05, 0) is 43.1 Å². The lowest BCUT2D eigenvalue weighted by molar-refractivity contribution is -0.156. The number of morpholine rings is 1. The van der Waals surface area contributed by atoms with Gasteiger partial charge in [0.25, 0.3) is 0 Å². The monoisotopic (exact) mass is 357 g/mol. The molecule has 5 nitrogen and oxygen atoms in total. The SMILES string of the molecule is O=C(O)CC1CN(C(=O)C2(Cc3ccccc3)CC3CCC2C3)CCO1. The van der Waals surface area contributed by atoms with Crippen LogP contribution in [-0.4, -0.2) is 47.7 Å². The molecule has 2 bridgehead atoms. The first-order chi connectivity index (χ1) is 12.6. The van der Waals surface area contributed by atoms with Crippen molar-refractivity contribution in [2.24, 2.45) is 17.3 Å². The van der Waals surface area contributed by atoms with Gasteiger partial charge < -0.3 is 14.7 Å². The van der Waals surface area contributed by atoms with Crippen molar-refractivity contribution in [2.75, 3.05) is 19.7 Å². The van der Waals surface area contributed by atoms with Gasteiger partial charge in [-0.1, -0.05) is 36.8 Å². The van der Waals surface area contributed by atoms with Crippen molar-refractivity contribution in [1.29, 1.82) is 0 Å². The molecule has 0 spiro atoms. The number of carboxylic acids is 1. The smallest absolute Gasteiger partial charge is 0.306 e. The lowest BCUT2D eigenvalue weighted by Crippen LogP contribution is -2.54. The highest BCUT2D eigenvalue weighted by molar-refractivity contribution is 5.84. The normalized spacial score (nSPS) is 33.4. The second-order valence-electron chi connectivity index (χ2n) is 8.24. The molecule has 26 heavy (non-hydrogen) atoms.